The number of carbonyl (C=O) groups is 1. The van der Waals surface area contributed by atoms with Crippen molar-refractivity contribution in [3.8, 4) is 11.5 Å². The van der Waals surface area contributed by atoms with Crippen LogP contribution in [0.5, 0.6) is 11.5 Å². The molecule has 1 fully saturated rings. The van der Waals surface area contributed by atoms with Gasteiger partial charge in [-0.1, -0.05) is 6.92 Å². The second-order valence-electron chi connectivity index (χ2n) is 7.12. The summed E-state index contributed by atoms with van der Waals surface area (Å²) in [6, 6.07) is 9.95. The van der Waals surface area contributed by atoms with Crippen LogP contribution >= 0.6 is 0 Å². The molecule has 0 saturated carbocycles. The minimum absolute atomic E-state index is 0.134. The lowest BCUT2D eigenvalue weighted by Crippen LogP contribution is -2.46. The molecule has 1 aliphatic heterocycles. The van der Waals surface area contributed by atoms with E-state index in [9.17, 15) is 13.6 Å². The molecule has 2 aromatic carbocycles. The van der Waals surface area contributed by atoms with Crippen LogP contribution < -0.4 is 19.7 Å². The number of carbonyl (C=O) groups excluding carboxylic acids is 1. The number of nitrogens with zero attached hydrogens (tertiary/aromatic N) is 2. The summed E-state index contributed by atoms with van der Waals surface area (Å²) in [5.74, 6) is -0.464. The number of hydrogen-bond donors (Lipinski definition) is 1. The number of alkyl halides is 2. The highest BCUT2D eigenvalue weighted by Crippen LogP contribution is 2.30. The molecule has 0 bridgehead atoms. The molecule has 0 atom stereocenters. The van der Waals surface area contributed by atoms with E-state index in [4.69, 9.17) is 4.74 Å². The van der Waals surface area contributed by atoms with Crippen molar-refractivity contribution in [2.45, 2.75) is 20.5 Å². The fraction of sp³-hybridized carbons (Fsp3) is 0.409. The van der Waals surface area contributed by atoms with Crippen LogP contribution in [0.3, 0.4) is 0 Å². The van der Waals surface area contributed by atoms with Crippen molar-refractivity contribution in [1.29, 1.82) is 0 Å². The molecule has 0 spiro atoms. The van der Waals surface area contributed by atoms with Gasteiger partial charge in [-0.15, -0.1) is 0 Å². The summed E-state index contributed by atoms with van der Waals surface area (Å²) in [5.41, 5.74) is 3.06. The average molecular weight is 419 g/mol. The van der Waals surface area contributed by atoms with Gasteiger partial charge in [-0.05, 0) is 55.4 Å². The Bertz CT molecular complexity index is 884. The predicted octanol–water partition coefficient (Wildman–Crippen LogP) is 4.00. The number of amides is 1. The highest BCUT2D eigenvalue weighted by atomic mass is 19.3. The van der Waals surface area contributed by atoms with E-state index < -0.39 is 12.5 Å². The maximum atomic E-state index is 12.6. The van der Waals surface area contributed by atoms with E-state index in [0.29, 0.717) is 5.69 Å². The maximum absolute atomic E-state index is 12.6. The SMILES string of the molecule is CCN1CCN(c2ccc(NC(=O)c3ccc(OC)c(OC(F)F)c3)cc2C)CC1. The van der Waals surface area contributed by atoms with Crippen molar-refractivity contribution in [2.24, 2.45) is 0 Å². The standard InChI is InChI=1S/C22H27F2N3O3/c1-4-26-9-11-27(12-10-26)18-7-6-17(13-15(18)2)25-21(28)16-5-8-19(29-3)20(14-16)30-22(23)24/h5-8,13-14,22H,4,9-12H2,1-3H3,(H,25,28). The summed E-state index contributed by atoms with van der Waals surface area (Å²) >= 11 is 0. The fourth-order valence-electron chi connectivity index (χ4n) is 3.60. The molecule has 8 heteroatoms. The Morgan fingerprint density at radius 3 is 2.43 bits per heavy atom. The molecule has 162 valence electrons. The van der Waals surface area contributed by atoms with Gasteiger partial charge in [0.05, 0.1) is 7.11 Å². The number of aryl methyl sites for hydroxylation is 1. The molecule has 2 aromatic rings. The average Bonchev–Trinajstić information content (AvgIpc) is 2.73. The Morgan fingerprint density at radius 1 is 1.10 bits per heavy atom. The Morgan fingerprint density at radius 2 is 1.83 bits per heavy atom. The van der Waals surface area contributed by atoms with Gasteiger partial charge >= 0.3 is 6.61 Å². The van der Waals surface area contributed by atoms with E-state index >= 15 is 0 Å². The van der Waals surface area contributed by atoms with Crippen LogP contribution in [0.25, 0.3) is 0 Å². The number of nitrogens with one attached hydrogen (secondary N) is 1. The number of likely N-dealkylation sites (N-methyl/N-ethyl adjacent to an activating group) is 1. The highest BCUT2D eigenvalue weighted by Gasteiger charge is 2.18. The number of benzene rings is 2. The Hall–Kier alpha value is -2.87. The predicted molar refractivity (Wildman–Crippen MR) is 113 cm³/mol. The van der Waals surface area contributed by atoms with Crippen LogP contribution in [-0.4, -0.2) is 57.3 Å². The van der Waals surface area contributed by atoms with E-state index in [1.54, 1.807) is 0 Å². The van der Waals surface area contributed by atoms with Crippen molar-refractivity contribution in [3.05, 3.63) is 47.5 Å². The molecule has 1 amide bonds. The smallest absolute Gasteiger partial charge is 0.387 e. The molecular formula is C22H27F2N3O3. The van der Waals surface area contributed by atoms with Gasteiger partial charge in [0, 0.05) is 43.1 Å². The Kier molecular flexibility index (Phi) is 7.10. The monoisotopic (exact) mass is 419 g/mol. The Labute approximate surface area is 175 Å². The second kappa shape index (κ2) is 9.75. The summed E-state index contributed by atoms with van der Waals surface area (Å²) in [6.45, 7) is 6.25. The van der Waals surface area contributed by atoms with Gasteiger partial charge in [0.15, 0.2) is 11.5 Å². The van der Waals surface area contributed by atoms with Gasteiger partial charge in [0.2, 0.25) is 0 Å². The molecule has 0 unspecified atom stereocenters. The number of rotatable bonds is 7. The number of ether oxygens (including phenoxy) is 2. The van der Waals surface area contributed by atoms with Crippen molar-refractivity contribution in [3.63, 3.8) is 0 Å². The zero-order chi connectivity index (χ0) is 21.7. The van der Waals surface area contributed by atoms with Gasteiger partial charge in [-0.25, -0.2) is 0 Å². The van der Waals surface area contributed by atoms with Gasteiger partial charge in [0.25, 0.3) is 5.91 Å². The molecule has 1 heterocycles. The summed E-state index contributed by atoms with van der Waals surface area (Å²) in [5, 5.41) is 2.81. The van der Waals surface area contributed by atoms with Gasteiger partial charge in [0.1, 0.15) is 0 Å². The van der Waals surface area contributed by atoms with Crippen LogP contribution in [0.2, 0.25) is 0 Å². The minimum Gasteiger partial charge on any atom is -0.493 e. The van der Waals surface area contributed by atoms with Crippen LogP contribution in [0, 0.1) is 6.92 Å². The van der Waals surface area contributed by atoms with Gasteiger partial charge < -0.3 is 24.6 Å². The summed E-state index contributed by atoms with van der Waals surface area (Å²) in [4.78, 5) is 17.4. The molecule has 1 saturated heterocycles. The highest BCUT2D eigenvalue weighted by molar-refractivity contribution is 6.04. The van der Waals surface area contributed by atoms with Crippen LogP contribution in [0.15, 0.2) is 36.4 Å². The third-order valence-corrected chi connectivity index (χ3v) is 5.26. The van der Waals surface area contributed by atoms with Gasteiger partial charge in [-0.3, -0.25) is 4.79 Å². The van der Waals surface area contributed by atoms with Crippen LogP contribution in [0.4, 0.5) is 20.2 Å². The zero-order valence-electron chi connectivity index (χ0n) is 17.5. The Balaban J connectivity index is 1.70. The van der Waals surface area contributed by atoms with Gasteiger partial charge in [-0.2, -0.15) is 8.78 Å². The van der Waals surface area contributed by atoms with Crippen molar-refractivity contribution >= 4 is 17.3 Å². The number of methoxy groups -OCH3 is 1. The van der Waals surface area contributed by atoms with E-state index in [1.165, 1.54) is 25.3 Å². The van der Waals surface area contributed by atoms with Crippen LogP contribution in [-0.2, 0) is 0 Å². The molecule has 0 radical (unpaired) electrons. The normalized spacial score (nSPS) is 14.7. The first-order valence-electron chi connectivity index (χ1n) is 9.93. The summed E-state index contributed by atoms with van der Waals surface area (Å²) in [7, 11) is 1.35. The molecular weight excluding hydrogens is 392 g/mol. The molecule has 1 N–H and O–H groups in total. The first kappa shape index (κ1) is 21.8. The third kappa shape index (κ3) is 5.18. The van der Waals surface area contributed by atoms with Crippen molar-refractivity contribution in [2.75, 3.05) is 50.1 Å². The topological polar surface area (TPSA) is 54.0 Å². The van der Waals surface area contributed by atoms with E-state index in [2.05, 4.69) is 26.8 Å². The number of anilines is 2. The summed E-state index contributed by atoms with van der Waals surface area (Å²) in [6.07, 6.45) is 0. The van der Waals surface area contributed by atoms with E-state index in [-0.39, 0.29) is 17.1 Å². The van der Waals surface area contributed by atoms with Crippen LogP contribution in [0.1, 0.15) is 22.8 Å². The van der Waals surface area contributed by atoms with Crippen molar-refractivity contribution < 1.29 is 23.0 Å². The lowest BCUT2D eigenvalue weighted by molar-refractivity contribution is -0.0512. The molecule has 6 nitrogen and oxygen atoms in total. The van der Waals surface area contributed by atoms with E-state index in [0.717, 1.165) is 44.0 Å². The quantitative estimate of drug-likeness (QED) is 0.735. The lowest BCUT2D eigenvalue weighted by atomic mass is 10.1. The maximum Gasteiger partial charge on any atom is 0.387 e. The second-order valence-corrected chi connectivity index (χ2v) is 7.12. The fourth-order valence-corrected chi connectivity index (χ4v) is 3.60. The van der Waals surface area contributed by atoms with Crippen molar-refractivity contribution in [1.82, 2.24) is 4.90 Å². The minimum atomic E-state index is -3.01. The number of halogens is 2. The first-order valence-corrected chi connectivity index (χ1v) is 9.93. The largest absolute Gasteiger partial charge is 0.493 e. The third-order valence-electron chi connectivity index (χ3n) is 5.26. The lowest BCUT2D eigenvalue weighted by Gasteiger charge is -2.36. The first-order chi connectivity index (χ1) is 14.4. The summed E-state index contributed by atoms with van der Waals surface area (Å²) < 4.78 is 34.7. The number of hydrogen-bond acceptors (Lipinski definition) is 5. The number of piperazine rings is 1. The molecule has 1 aliphatic rings. The molecule has 3 rings (SSSR count). The molecule has 0 aliphatic carbocycles. The zero-order valence-corrected chi connectivity index (χ0v) is 17.5. The molecule has 0 aromatic heterocycles. The molecule has 30 heavy (non-hydrogen) atoms. The van der Waals surface area contributed by atoms with E-state index in [1.807, 2.05) is 25.1 Å².